The summed E-state index contributed by atoms with van der Waals surface area (Å²) in [5.41, 5.74) is 3.74. The zero-order valence-corrected chi connectivity index (χ0v) is 15.3. The van der Waals surface area contributed by atoms with Crippen LogP contribution in [0, 0.1) is 5.92 Å². The van der Waals surface area contributed by atoms with Crippen LogP contribution in [0.2, 0.25) is 0 Å². The normalized spacial score (nSPS) is 15.1. The van der Waals surface area contributed by atoms with Gasteiger partial charge in [0.05, 0.1) is 6.61 Å². The molecular weight excluding hydrogens is 308 g/mol. The summed E-state index contributed by atoms with van der Waals surface area (Å²) >= 11 is 0. The van der Waals surface area contributed by atoms with Gasteiger partial charge in [0, 0.05) is 24.6 Å². The molecule has 134 valence electrons. The molecule has 2 aromatic rings. The highest BCUT2D eigenvalue weighted by Gasteiger charge is 2.15. The summed E-state index contributed by atoms with van der Waals surface area (Å²) in [5.74, 6) is 1.83. The molecule has 0 spiro atoms. The van der Waals surface area contributed by atoms with Crippen molar-refractivity contribution in [2.75, 3.05) is 11.9 Å². The molecule has 1 saturated carbocycles. The number of aryl methyl sites for hydroxylation is 1. The Hall–Kier alpha value is -2.03. The van der Waals surface area contributed by atoms with Gasteiger partial charge >= 0.3 is 0 Å². The van der Waals surface area contributed by atoms with Crippen LogP contribution in [0.25, 0.3) is 0 Å². The van der Waals surface area contributed by atoms with Crippen LogP contribution in [0.3, 0.4) is 0 Å². The standard InChI is InChI=1S/C22H30N2O/c1-2-6-20-15-19(16-24-21-11-13-23-14-12-21)9-10-22(20)25-17-18-7-4-3-5-8-18/h9-15,18H,2-8,16-17H2,1H3,(H,23,24). The zero-order chi connectivity index (χ0) is 17.3. The highest BCUT2D eigenvalue weighted by Crippen LogP contribution is 2.27. The van der Waals surface area contributed by atoms with Crippen molar-refractivity contribution >= 4 is 5.69 Å². The molecule has 1 aliphatic carbocycles. The quantitative estimate of drug-likeness (QED) is 0.680. The lowest BCUT2D eigenvalue weighted by molar-refractivity contribution is 0.207. The third kappa shape index (κ3) is 5.48. The van der Waals surface area contributed by atoms with E-state index in [2.05, 4.69) is 35.4 Å². The van der Waals surface area contributed by atoms with Gasteiger partial charge in [-0.05, 0) is 54.5 Å². The number of anilines is 1. The van der Waals surface area contributed by atoms with E-state index in [-0.39, 0.29) is 0 Å². The minimum Gasteiger partial charge on any atom is -0.493 e. The molecule has 0 amide bonds. The molecule has 0 unspecified atom stereocenters. The topological polar surface area (TPSA) is 34.2 Å². The second-order valence-corrected chi connectivity index (χ2v) is 7.10. The molecule has 0 bridgehead atoms. The van der Waals surface area contributed by atoms with E-state index >= 15 is 0 Å². The predicted molar refractivity (Wildman–Crippen MR) is 104 cm³/mol. The van der Waals surface area contributed by atoms with E-state index in [9.17, 15) is 0 Å². The van der Waals surface area contributed by atoms with Crippen LogP contribution < -0.4 is 10.1 Å². The Morgan fingerprint density at radius 1 is 1.08 bits per heavy atom. The summed E-state index contributed by atoms with van der Waals surface area (Å²) in [7, 11) is 0. The summed E-state index contributed by atoms with van der Waals surface area (Å²) < 4.78 is 6.22. The van der Waals surface area contributed by atoms with Gasteiger partial charge in [0.1, 0.15) is 5.75 Å². The van der Waals surface area contributed by atoms with E-state index in [1.165, 1.54) is 43.2 Å². The maximum absolute atomic E-state index is 6.22. The van der Waals surface area contributed by atoms with Gasteiger partial charge in [0.25, 0.3) is 0 Å². The molecule has 1 aliphatic rings. The van der Waals surface area contributed by atoms with Gasteiger partial charge in [-0.1, -0.05) is 44.7 Å². The van der Waals surface area contributed by atoms with Crippen molar-refractivity contribution in [2.24, 2.45) is 5.92 Å². The molecule has 0 aliphatic heterocycles. The lowest BCUT2D eigenvalue weighted by atomic mass is 9.90. The van der Waals surface area contributed by atoms with E-state index in [0.717, 1.165) is 43.3 Å². The van der Waals surface area contributed by atoms with Crippen LogP contribution in [-0.4, -0.2) is 11.6 Å². The van der Waals surface area contributed by atoms with E-state index in [0.29, 0.717) is 0 Å². The van der Waals surface area contributed by atoms with Crippen LogP contribution in [0.15, 0.2) is 42.7 Å². The number of hydrogen-bond acceptors (Lipinski definition) is 3. The average Bonchev–Trinajstić information content (AvgIpc) is 2.67. The number of aromatic nitrogens is 1. The fraction of sp³-hybridized carbons (Fsp3) is 0.500. The van der Waals surface area contributed by atoms with Crippen LogP contribution >= 0.6 is 0 Å². The Bertz CT molecular complexity index is 636. The number of rotatable bonds is 8. The van der Waals surface area contributed by atoms with Crippen molar-refractivity contribution in [3.05, 3.63) is 53.9 Å². The van der Waals surface area contributed by atoms with E-state index in [4.69, 9.17) is 4.74 Å². The molecule has 3 rings (SSSR count). The molecule has 1 fully saturated rings. The molecular formula is C22H30N2O. The van der Waals surface area contributed by atoms with Gasteiger partial charge in [-0.25, -0.2) is 0 Å². The van der Waals surface area contributed by atoms with Crippen molar-refractivity contribution in [1.82, 2.24) is 4.98 Å². The smallest absolute Gasteiger partial charge is 0.122 e. The number of nitrogens with one attached hydrogen (secondary N) is 1. The maximum Gasteiger partial charge on any atom is 0.122 e. The van der Waals surface area contributed by atoms with Gasteiger partial charge in [-0.3, -0.25) is 4.98 Å². The van der Waals surface area contributed by atoms with Gasteiger partial charge < -0.3 is 10.1 Å². The molecule has 1 N–H and O–H groups in total. The summed E-state index contributed by atoms with van der Waals surface area (Å²) in [6.45, 7) is 3.93. The maximum atomic E-state index is 6.22. The van der Waals surface area contributed by atoms with Crippen LogP contribution in [0.5, 0.6) is 5.75 Å². The average molecular weight is 338 g/mol. The van der Waals surface area contributed by atoms with E-state index in [1.54, 1.807) is 0 Å². The lowest BCUT2D eigenvalue weighted by Gasteiger charge is -2.22. The van der Waals surface area contributed by atoms with Gasteiger partial charge in [-0.2, -0.15) is 0 Å². The fourth-order valence-corrected chi connectivity index (χ4v) is 3.58. The van der Waals surface area contributed by atoms with Crippen molar-refractivity contribution in [2.45, 2.75) is 58.4 Å². The van der Waals surface area contributed by atoms with Crippen molar-refractivity contribution in [1.29, 1.82) is 0 Å². The van der Waals surface area contributed by atoms with Crippen LogP contribution in [0.1, 0.15) is 56.6 Å². The second kappa shape index (κ2) is 9.45. The summed E-state index contributed by atoms with van der Waals surface area (Å²) in [5, 5.41) is 3.45. The molecule has 0 saturated heterocycles. The summed E-state index contributed by atoms with van der Waals surface area (Å²) in [6.07, 6.45) is 12.6. The predicted octanol–water partition coefficient (Wildman–Crippen LogP) is 5.61. The zero-order valence-electron chi connectivity index (χ0n) is 15.3. The number of hydrogen-bond donors (Lipinski definition) is 1. The third-order valence-corrected chi connectivity index (χ3v) is 5.02. The number of benzene rings is 1. The van der Waals surface area contributed by atoms with Crippen molar-refractivity contribution < 1.29 is 4.74 Å². The first-order valence-electron chi connectivity index (χ1n) is 9.73. The highest BCUT2D eigenvalue weighted by molar-refractivity contribution is 5.43. The Kier molecular flexibility index (Phi) is 6.72. The van der Waals surface area contributed by atoms with Crippen LogP contribution in [0.4, 0.5) is 5.69 Å². The van der Waals surface area contributed by atoms with Gasteiger partial charge in [-0.15, -0.1) is 0 Å². The highest BCUT2D eigenvalue weighted by atomic mass is 16.5. The van der Waals surface area contributed by atoms with Crippen molar-refractivity contribution in [3.8, 4) is 5.75 Å². The van der Waals surface area contributed by atoms with E-state index in [1.807, 2.05) is 24.5 Å². The number of nitrogens with zero attached hydrogens (tertiary/aromatic N) is 1. The molecule has 3 nitrogen and oxygen atoms in total. The van der Waals surface area contributed by atoms with Crippen molar-refractivity contribution in [3.63, 3.8) is 0 Å². The first kappa shape index (κ1) is 17.8. The van der Waals surface area contributed by atoms with E-state index < -0.39 is 0 Å². The Labute approximate surface area is 151 Å². The molecule has 0 radical (unpaired) electrons. The third-order valence-electron chi connectivity index (χ3n) is 5.02. The fourth-order valence-electron chi connectivity index (χ4n) is 3.58. The molecule has 1 aromatic heterocycles. The summed E-state index contributed by atoms with van der Waals surface area (Å²) in [6, 6.07) is 10.6. The van der Waals surface area contributed by atoms with Gasteiger partial charge in [0.2, 0.25) is 0 Å². The first-order valence-corrected chi connectivity index (χ1v) is 9.73. The second-order valence-electron chi connectivity index (χ2n) is 7.10. The Morgan fingerprint density at radius 2 is 1.88 bits per heavy atom. The number of ether oxygens (including phenoxy) is 1. The minimum atomic E-state index is 0.747. The lowest BCUT2D eigenvalue weighted by Crippen LogP contribution is -2.16. The molecule has 0 atom stereocenters. The SMILES string of the molecule is CCCc1cc(CNc2ccncc2)ccc1OCC1CCCCC1. The molecule has 1 aromatic carbocycles. The Balaban J connectivity index is 1.60. The Morgan fingerprint density at radius 3 is 2.64 bits per heavy atom. The largest absolute Gasteiger partial charge is 0.493 e. The molecule has 3 heteroatoms. The minimum absolute atomic E-state index is 0.747. The monoisotopic (exact) mass is 338 g/mol. The summed E-state index contributed by atoms with van der Waals surface area (Å²) in [4.78, 5) is 4.05. The molecule has 25 heavy (non-hydrogen) atoms. The number of pyridine rings is 1. The molecule has 1 heterocycles. The van der Waals surface area contributed by atoms with Gasteiger partial charge in [0.15, 0.2) is 0 Å². The van der Waals surface area contributed by atoms with Crippen LogP contribution in [-0.2, 0) is 13.0 Å². The first-order chi connectivity index (χ1) is 12.3.